The Bertz CT molecular complexity index is 3590. The second-order valence-electron chi connectivity index (χ2n) is 18.9. The van der Waals surface area contributed by atoms with Gasteiger partial charge in [0.15, 0.2) is 17.5 Å². The Morgan fingerprint density at radius 2 is 0.769 bits per heavy atom. The van der Waals surface area contributed by atoms with Gasteiger partial charge in [-0.25, -0.2) is 15.0 Å². The summed E-state index contributed by atoms with van der Waals surface area (Å²) in [4.78, 5) is 15.1. The van der Waals surface area contributed by atoms with E-state index in [9.17, 15) is 0 Å². The molecule has 3 aromatic heterocycles. The van der Waals surface area contributed by atoms with Crippen LogP contribution in [0.3, 0.4) is 0 Å². The molecule has 2 saturated carbocycles. The van der Waals surface area contributed by atoms with Crippen LogP contribution in [-0.2, 0) is 0 Å². The highest BCUT2D eigenvalue weighted by atomic mass is 15.0. The van der Waals surface area contributed by atoms with E-state index >= 15 is 0 Å². The van der Waals surface area contributed by atoms with Gasteiger partial charge in [0.2, 0.25) is 0 Å². The average Bonchev–Trinajstić information content (AvgIpc) is 3.81. The molecule has 2 fully saturated rings. The van der Waals surface area contributed by atoms with E-state index in [0.29, 0.717) is 29.3 Å². The van der Waals surface area contributed by atoms with Gasteiger partial charge in [-0.15, -0.1) is 0 Å². The SMILES string of the molecule is c1ccc(-c2nc(-c3ccccc3)nc(-c3cccc(-n4c5ccccc5c5cc(-c6ccc7c(c6)c6cc8c(cc6n7-c6ccccc6)C6CC7CC(CC8C7)C6)ccc54)c3)n2)cc1. The molecule has 11 aromatic rings. The van der Waals surface area contributed by atoms with E-state index < -0.39 is 0 Å². The fourth-order valence-corrected chi connectivity index (χ4v) is 12.4. The Hall–Kier alpha value is -7.63. The topological polar surface area (TPSA) is 48.5 Å². The minimum Gasteiger partial charge on any atom is -0.309 e. The van der Waals surface area contributed by atoms with Gasteiger partial charge in [-0.2, -0.15) is 0 Å². The van der Waals surface area contributed by atoms with Gasteiger partial charge in [-0.05, 0) is 145 Å². The Morgan fingerprint density at radius 1 is 0.308 bits per heavy atom. The molecule has 2 unspecified atom stereocenters. The van der Waals surface area contributed by atoms with Crippen LogP contribution in [0.25, 0.3) is 100 Å². The first kappa shape index (κ1) is 36.8. The average molecular weight is 836 g/mol. The second-order valence-corrected chi connectivity index (χ2v) is 18.9. The first-order valence-corrected chi connectivity index (χ1v) is 23.4. The normalized spacial score (nSPS) is 18.8. The van der Waals surface area contributed by atoms with Crippen molar-refractivity contribution in [3.63, 3.8) is 0 Å². The van der Waals surface area contributed by atoms with Gasteiger partial charge >= 0.3 is 0 Å². The third-order valence-corrected chi connectivity index (χ3v) is 15.1. The van der Waals surface area contributed by atoms with Crippen molar-refractivity contribution in [1.29, 1.82) is 0 Å². The number of hydrogen-bond acceptors (Lipinski definition) is 3. The predicted octanol–water partition coefficient (Wildman–Crippen LogP) is 15.1. The lowest BCUT2D eigenvalue weighted by Crippen LogP contribution is -2.25. The molecule has 0 spiro atoms. The van der Waals surface area contributed by atoms with Crippen LogP contribution in [-0.4, -0.2) is 24.1 Å². The first-order valence-electron chi connectivity index (χ1n) is 23.4. The molecule has 0 N–H and O–H groups in total. The zero-order valence-electron chi connectivity index (χ0n) is 36.0. The first-order chi connectivity index (χ1) is 32.2. The molecule has 65 heavy (non-hydrogen) atoms. The largest absolute Gasteiger partial charge is 0.309 e. The summed E-state index contributed by atoms with van der Waals surface area (Å²) < 4.78 is 4.91. The number of nitrogens with zero attached hydrogens (tertiary/aromatic N) is 5. The predicted molar refractivity (Wildman–Crippen MR) is 266 cm³/mol. The molecule has 5 heteroatoms. The summed E-state index contributed by atoms with van der Waals surface area (Å²) in [5.41, 5.74) is 15.8. The minimum absolute atomic E-state index is 0.641. The van der Waals surface area contributed by atoms with Gasteiger partial charge < -0.3 is 9.13 Å². The van der Waals surface area contributed by atoms with Crippen molar-refractivity contribution < 1.29 is 0 Å². The second kappa shape index (κ2) is 14.4. The highest BCUT2D eigenvalue weighted by molar-refractivity contribution is 6.13. The Balaban J connectivity index is 0.907. The summed E-state index contributed by atoms with van der Waals surface area (Å²) in [6.45, 7) is 0. The fourth-order valence-electron chi connectivity index (χ4n) is 12.4. The van der Waals surface area contributed by atoms with Crippen LogP contribution >= 0.6 is 0 Å². The Kier molecular flexibility index (Phi) is 8.18. The van der Waals surface area contributed by atoms with E-state index in [1.807, 2.05) is 36.4 Å². The van der Waals surface area contributed by atoms with Crippen molar-refractivity contribution >= 4 is 43.6 Å². The molecule has 310 valence electrons. The summed E-state index contributed by atoms with van der Waals surface area (Å²) in [6.07, 6.45) is 6.93. The number of aromatic nitrogens is 5. The van der Waals surface area contributed by atoms with E-state index in [4.69, 9.17) is 15.0 Å². The molecule has 15 rings (SSSR count). The van der Waals surface area contributed by atoms with E-state index in [0.717, 1.165) is 45.2 Å². The molecule has 0 saturated heterocycles. The lowest BCUT2D eigenvalue weighted by atomic mass is 9.67. The number of para-hydroxylation sites is 2. The summed E-state index contributed by atoms with van der Waals surface area (Å²) in [6, 6.07) is 68.2. The van der Waals surface area contributed by atoms with E-state index in [1.165, 1.54) is 81.5 Å². The zero-order chi connectivity index (χ0) is 42.6. The van der Waals surface area contributed by atoms with Crippen LogP contribution in [0, 0.1) is 11.8 Å². The molecule has 4 aliphatic carbocycles. The quantitative estimate of drug-likeness (QED) is 0.168. The zero-order valence-corrected chi connectivity index (χ0v) is 36.0. The molecular formula is C60H45N5. The maximum absolute atomic E-state index is 5.06. The smallest absolute Gasteiger partial charge is 0.164 e. The van der Waals surface area contributed by atoms with Crippen LogP contribution in [0.15, 0.2) is 188 Å². The molecule has 8 aromatic carbocycles. The van der Waals surface area contributed by atoms with Crippen molar-refractivity contribution in [3.05, 3.63) is 199 Å². The standard InChI is InChI=1S/C60H45N5/c1-4-13-39(14-5-1)58-61-59(40-15-6-2-7-16-40)63-60(62-58)43-17-12-20-47(32-43)65-54-22-11-10-21-48(54)51-33-41(23-25-55(51)65)42-24-26-56-52(34-42)53-35-49-44-28-37-27-38(29-44)31-45(30-37)50(49)36-57(53)64(56)46-18-8-3-9-19-46/h1-26,32-38,44-45H,27-31H2. The van der Waals surface area contributed by atoms with E-state index in [1.54, 1.807) is 11.1 Å². The van der Waals surface area contributed by atoms with Crippen molar-refractivity contribution in [1.82, 2.24) is 24.1 Å². The van der Waals surface area contributed by atoms with Crippen molar-refractivity contribution in [2.24, 2.45) is 11.8 Å². The molecule has 0 amide bonds. The summed E-state index contributed by atoms with van der Waals surface area (Å²) >= 11 is 0. The van der Waals surface area contributed by atoms with Crippen LogP contribution in [0.2, 0.25) is 0 Å². The van der Waals surface area contributed by atoms with E-state index in [2.05, 4.69) is 161 Å². The Morgan fingerprint density at radius 3 is 1.40 bits per heavy atom. The van der Waals surface area contributed by atoms with Crippen LogP contribution in [0.4, 0.5) is 0 Å². The van der Waals surface area contributed by atoms with Crippen molar-refractivity contribution in [3.8, 4) is 56.7 Å². The molecule has 5 nitrogen and oxygen atoms in total. The van der Waals surface area contributed by atoms with Crippen LogP contribution in [0.1, 0.15) is 55.1 Å². The third-order valence-electron chi connectivity index (χ3n) is 15.1. The Labute approximate surface area is 377 Å². The van der Waals surface area contributed by atoms with E-state index in [-0.39, 0.29) is 0 Å². The maximum atomic E-state index is 5.06. The van der Waals surface area contributed by atoms with Gasteiger partial charge in [0.05, 0.1) is 22.1 Å². The summed E-state index contributed by atoms with van der Waals surface area (Å²) in [5, 5.41) is 5.16. The maximum Gasteiger partial charge on any atom is 0.164 e. The van der Waals surface area contributed by atoms with Crippen LogP contribution < -0.4 is 0 Å². The number of rotatable bonds is 6. The van der Waals surface area contributed by atoms with Crippen LogP contribution in [0.5, 0.6) is 0 Å². The molecule has 4 aliphatic rings. The van der Waals surface area contributed by atoms with Gasteiger partial charge in [0, 0.05) is 49.6 Å². The van der Waals surface area contributed by atoms with Gasteiger partial charge in [-0.3, -0.25) is 0 Å². The third kappa shape index (κ3) is 5.95. The molecule has 0 aliphatic heterocycles. The number of fused-ring (bicyclic) bond motifs is 6. The molecule has 4 bridgehead atoms. The monoisotopic (exact) mass is 835 g/mol. The van der Waals surface area contributed by atoms with Gasteiger partial charge in [0.25, 0.3) is 0 Å². The molecular weight excluding hydrogens is 791 g/mol. The van der Waals surface area contributed by atoms with Gasteiger partial charge in [-0.1, -0.05) is 121 Å². The minimum atomic E-state index is 0.641. The molecule has 0 radical (unpaired) electrons. The number of hydrogen-bond donors (Lipinski definition) is 0. The van der Waals surface area contributed by atoms with Gasteiger partial charge in [0.1, 0.15) is 0 Å². The highest BCUT2D eigenvalue weighted by Gasteiger charge is 2.42. The fraction of sp³-hybridized carbons (Fsp3) is 0.150. The molecule has 2 atom stereocenters. The lowest BCUT2D eigenvalue weighted by Gasteiger charge is -2.38. The summed E-state index contributed by atoms with van der Waals surface area (Å²) in [5.74, 6) is 5.13. The highest BCUT2D eigenvalue weighted by Crippen LogP contribution is 2.57. The van der Waals surface area contributed by atoms with Crippen molar-refractivity contribution in [2.75, 3.05) is 0 Å². The summed E-state index contributed by atoms with van der Waals surface area (Å²) in [7, 11) is 0. The lowest BCUT2D eigenvalue weighted by molar-refractivity contribution is 0.166. The number of benzene rings is 8. The van der Waals surface area contributed by atoms with Crippen molar-refractivity contribution in [2.45, 2.75) is 43.9 Å². The molecule has 3 heterocycles.